The number of hydrogen-bond donors (Lipinski definition) is 1. The van der Waals surface area contributed by atoms with Crippen LogP contribution in [0.4, 0.5) is 5.69 Å². The zero-order valence-corrected chi connectivity index (χ0v) is 12.9. The quantitative estimate of drug-likeness (QED) is 0.591. The lowest BCUT2D eigenvalue weighted by Crippen LogP contribution is -3.00. The van der Waals surface area contributed by atoms with Crippen LogP contribution < -0.4 is 29.3 Å². The lowest BCUT2D eigenvalue weighted by Gasteiger charge is -1.98. The average Bonchev–Trinajstić information content (AvgIpc) is 2.78. The van der Waals surface area contributed by atoms with E-state index in [9.17, 15) is 0 Å². The van der Waals surface area contributed by atoms with E-state index in [0.29, 0.717) is 0 Å². The van der Waals surface area contributed by atoms with E-state index in [1.807, 2.05) is 36.2 Å². The third kappa shape index (κ3) is 4.35. The van der Waals surface area contributed by atoms with Gasteiger partial charge in [0.25, 0.3) is 0 Å². The Morgan fingerprint density at radius 1 is 1.35 bits per heavy atom. The van der Waals surface area contributed by atoms with E-state index >= 15 is 0 Å². The fraction of sp³-hybridized carbons (Fsp3) is 0.308. The monoisotopic (exact) mass is 360 g/mol. The first kappa shape index (κ1) is 14.6. The average molecular weight is 360 g/mol. The maximum Gasteiger partial charge on any atom is 0.236 e. The molecule has 1 aliphatic rings. The first-order valence-corrected chi connectivity index (χ1v) is 6.61. The third-order valence-corrected chi connectivity index (χ3v) is 3.63. The molecule has 0 saturated carbocycles. The largest absolute Gasteiger partial charge is 1.00 e. The van der Waals surface area contributed by atoms with Gasteiger partial charge in [0.05, 0.1) is 5.75 Å². The van der Waals surface area contributed by atoms with Gasteiger partial charge in [-0.05, 0) is 19.1 Å². The van der Waals surface area contributed by atoms with E-state index in [0.717, 1.165) is 12.2 Å². The van der Waals surface area contributed by atoms with Crippen LogP contribution >= 0.6 is 11.8 Å². The lowest BCUT2D eigenvalue weighted by molar-refractivity contribution is -0.513. The van der Waals surface area contributed by atoms with Crippen LogP contribution in [0, 0.1) is 0 Å². The summed E-state index contributed by atoms with van der Waals surface area (Å²) >= 11 is 1.93. The van der Waals surface area contributed by atoms with Gasteiger partial charge in [-0.3, -0.25) is 0 Å². The standard InChI is InChI=1S/C13H16N2S.HI/c1-2-15-10-11-16-13(15)8-9-14-12-6-4-3-5-7-12;/h3-9H,2,10-11H2,1H3;1H. The van der Waals surface area contributed by atoms with Gasteiger partial charge >= 0.3 is 0 Å². The van der Waals surface area contributed by atoms with E-state index < -0.39 is 0 Å². The van der Waals surface area contributed by atoms with E-state index in [1.54, 1.807) is 0 Å². The van der Waals surface area contributed by atoms with Crippen LogP contribution in [-0.4, -0.2) is 28.5 Å². The number of nitrogens with zero attached hydrogens (tertiary/aromatic N) is 1. The highest BCUT2D eigenvalue weighted by Gasteiger charge is 2.18. The highest BCUT2D eigenvalue weighted by molar-refractivity contribution is 8.14. The van der Waals surface area contributed by atoms with Crippen LogP contribution in [0.2, 0.25) is 0 Å². The summed E-state index contributed by atoms with van der Waals surface area (Å²) in [7, 11) is 0. The number of rotatable bonds is 4. The molecule has 0 radical (unpaired) electrons. The van der Waals surface area contributed by atoms with Crippen molar-refractivity contribution in [2.45, 2.75) is 6.92 Å². The van der Waals surface area contributed by atoms with Gasteiger partial charge < -0.3 is 29.3 Å². The molecule has 2 rings (SSSR count). The van der Waals surface area contributed by atoms with Crippen molar-refractivity contribution < 1.29 is 28.6 Å². The topological polar surface area (TPSA) is 15.0 Å². The zero-order chi connectivity index (χ0) is 11.2. The van der Waals surface area contributed by atoms with Crippen LogP contribution in [-0.2, 0) is 0 Å². The molecule has 0 aromatic heterocycles. The van der Waals surface area contributed by atoms with Gasteiger partial charge in [0.2, 0.25) is 5.04 Å². The molecule has 1 aliphatic heterocycles. The van der Waals surface area contributed by atoms with Crippen molar-refractivity contribution in [3.05, 3.63) is 42.6 Å². The molecule has 0 fully saturated rings. The Kier molecular flexibility index (Phi) is 6.65. The van der Waals surface area contributed by atoms with E-state index in [-0.39, 0.29) is 24.0 Å². The van der Waals surface area contributed by atoms with Crippen molar-refractivity contribution in [3.63, 3.8) is 0 Å². The Morgan fingerprint density at radius 3 is 2.82 bits per heavy atom. The van der Waals surface area contributed by atoms with Gasteiger partial charge in [-0.1, -0.05) is 30.0 Å². The fourth-order valence-corrected chi connectivity index (χ4v) is 2.76. The highest BCUT2D eigenvalue weighted by atomic mass is 127. The summed E-state index contributed by atoms with van der Waals surface area (Å²) in [5.74, 6) is 1.21. The molecule has 17 heavy (non-hydrogen) atoms. The van der Waals surface area contributed by atoms with Gasteiger partial charge in [0.15, 0.2) is 6.54 Å². The number of hydrogen-bond acceptors (Lipinski definition) is 2. The van der Waals surface area contributed by atoms with Gasteiger partial charge in [-0.15, -0.1) is 0 Å². The summed E-state index contributed by atoms with van der Waals surface area (Å²) in [4.78, 5) is 0. The van der Waals surface area contributed by atoms with Crippen molar-refractivity contribution in [2.24, 2.45) is 0 Å². The van der Waals surface area contributed by atoms with E-state index in [1.165, 1.54) is 17.3 Å². The fourth-order valence-electron chi connectivity index (χ4n) is 1.67. The van der Waals surface area contributed by atoms with Crippen LogP contribution in [0.3, 0.4) is 0 Å². The first-order chi connectivity index (χ1) is 7.90. The Hall–Kier alpha value is -0.490. The Labute approximate surface area is 124 Å². The molecule has 0 bridgehead atoms. The number of benzene rings is 1. The van der Waals surface area contributed by atoms with Crippen molar-refractivity contribution in [2.75, 3.05) is 24.2 Å². The van der Waals surface area contributed by atoms with Crippen molar-refractivity contribution in [1.82, 2.24) is 0 Å². The molecule has 1 aromatic rings. The third-order valence-electron chi connectivity index (χ3n) is 2.55. The van der Waals surface area contributed by atoms with Gasteiger partial charge in [0.1, 0.15) is 6.54 Å². The summed E-state index contributed by atoms with van der Waals surface area (Å²) in [6.07, 6.45) is 4.18. The second kappa shape index (κ2) is 7.76. The van der Waals surface area contributed by atoms with Crippen molar-refractivity contribution in [3.8, 4) is 0 Å². The minimum Gasteiger partial charge on any atom is -1.00 e. The molecule has 1 heterocycles. The summed E-state index contributed by atoms with van der Waals surface area (Å²) in [6, 6.07) is 10.2. The molecular weight excluding hydrogens is 343 g/mol. The molecule has 0 unspecified atom stereocenters. The number of thioether (sulfide) groups is 1. The number of para-hydroxylation sites is 1. The minimum absolute atomic E-state index is 0. The molecule has 1 N–H and O–H groups in total. The molecule has 0 amide bonds. The summed E-state index contributed by atoms with van der Waals surface area (Å²) in [5, 5.41) is 4.64. The molecule has 4 heteroatoms. The summed E-state index contributed by atoms with van der Waals surface area (Å²) in [5.41, 5.74) is 1.13. The van der Waals surface area contributed by atoms with Gasteiger partial charge in [-0.2, -0.15) is 0 Å². The van der Waals surface area contributed by atoms with Crippen LogP contribution in [0.5, 0.6) is 0 Å². The maximum absolute atomic E-state index is 3.27. The SMILES string of the molecule is CC[N+]1=C(/C=C/Nc2ccccc2)SCC1.[I-]. The van der Waals surface area contributed by atoms with Gasteiger partial charge in [-0.25, -0.2) is 4.58 Å². The molecule has 2 nitrogen and oxygen atoms in total. The van der Waals surface area contributed by atoms with E-state index in [4.69, 9.17) is 0 Å². The molecule has 0 aliphatic carbocycles. The number of anilines is 1. The predicted octanol–water partition coefficient (Wildman–Crippen LogP) is -0.206. The Bertz CT molecular complexity index is 401. The van der Waals surface area contributed by atoms with Crippen LogP contribution in [0.15, 0.2) is 42.6 Å². The first-order valence-electron chi connectivity index (χ1n) is 5.63. The normalized spacial score (nSPS) is 15.1. The van der Waals surface area contributed by atoms with Crippen molar-refractivity contribution >= 4 is 22.5 Å². The molecule has 0 spiro atoms. The second-order valence-electron chi connectivity index (χ2n) is 3.61. The van der Waals surface area contributed by atoms with Crippen LogP contribution in [0.25, 0.3) is 0 Å². The van der Waals surface area contributed by atoms with Crippen molar-refractivity contribution in [1.29, 1.82) is 0 Å². The van der Waals surface area contributed by atoms with Gasteiger partial charge in [0, 0.05) is 18.0 Å². The molecule has 92 valence electrons. The lowest BCUT2D eigenvalue weighted by atomic mass is 10.3. The minimum atomic E-state index is 0. The summed E-state index contributed by atoms with van der Waals surface area (Å²) in [6.45, 7) is 4.47. The molecule has 1 aromatic carbocycles. The van der Waals surface area contributed by atoms with Crippen LogP contribution in [0.1, 0.15) is 6.92 Å². The zero-order valence-electron chi connectivity index (χ0n) is 9.90. The molecule has 0 atom stereocenters. The predicted molar refractivity (Wildman–Crippen MR) is 72.3 cm³/mol. The summed E-state index contributed by atoms with van der Waals surface area (Å²) < 4.78 is 2.40. The van der Waals surface area contributed by atoms with E-state index in [2.05, 4.69) is 35.0 Å². The second-order valence-corrected chi connectivity index (χ2v) is 4.73. The maximum atomic E-state index is 3.27. The highest BCUT2D eigenvalue weighted by Crippen LogP contribution is 2.13. The molecular formula is C13H17IN2S. The smallest absolute Gasteiger partial charge is 0.236 e. The molecule has 0 saturated heterocycles. The Balaban J connectivity index is 0.00000144. The number of nitrogens with one attached hydrogen (secondary N) is 1. The number of halogens is 1. The Morgan fingerprint density at radius 2 is 2.12 bits per heavy atom.